The van der Waals surface area contributed by atoms with Crippen LogP contribution in [0.15, 0.2) is 67.9 Å². The van der Waals surface area contributed by atoms with Gasteiger partial charge in [-0.3, -0.25) is 4.98 Å². The number of hydrogen-bond acceptors (Lipinski definition) is 5. The minimum Gasteiger partial charge on any atom is -0.256 e. The van der Waals surface area contributed by atoms with Crippen LogP contribution < -0.4 is 0 Å². The van der Waals surface area contributed by atoms with Crippen LogP contribution >= 0.6 is 0 Å². The van der Waals surface area contributed by atoms with E-state index in [4.69, 9.17) is 0 Å². The highest BCUT2D eigenvalue weighted by Gasteiger charge is 1.86. The minimum absolute atomic E-state index is 1.06. The van der Waals surface area contributed by atoms with E-state index < -0.39 is 0 Å². The fraction of sp³-hybridized carbons (Fsp3) is 0.0714. The minimum atomic E-state index is 1.06. The molecule has 0 unspecified atom stereocenters. The normalized spacial score (nSPS) is 8.47. The van der Waals surface area contributed by atoms with Crippen molar-refractivity contribution in [1.82, 2.24) is 25.4 Å². The molecule has 0 N–H and O–H groups in total. The average molecular weight is 253 g/mol. The maximum atomic E-state index is 4.18. The molecule has 0 saturated heterocycles. The SMILES string of the molecule is C=CC.c1ccc2ncccc2c1.c1nncnn1. The number of allylic oxidation sites excluding steroid dienone is 1. The Balaban J connectivity index is 0.000000172. The molecule has 0 aliphatic heterocycles. The molecule has 0 radical (unpaired) electrons. The first-order valence-electron chi connectivity index (χ1n) is 5.68. The van der Waals surface area contributed by atoms with Gasteiger partial charge in [0.25, 0.3) is 0 Å². The molecule has 3 aromatic rings. The van der Waals surface area contributed by atoms with Gasteiger partial charge < -0.3 is 0 Å². The van der Waals surface area contributed by atoms with Crippen molar-refractivity contribution in [3.8, 4) is 0 Å². The number of hydrogen-bond donors (Lipinski definition) is 0. The number of benzene rings is 1. The van der Waals surface area contributed by atoms with Gasteiger partial charge in [0.05, 0.1) is 5.52 Å². The van der Waals surface area contributed by atoms with Crippen LogP contribution in [0.1, 0.15) is 6.92 Å². The summed E-state index contributed by atoms with van der Waals surface area (Å²) in [6.45, 7) is 5.25. The van der Waals surface area contributed by atoms with Gasteiger partial charge in [-0.05, 0) is 19.1 Å². The summed E-state index contributed by atoms with van der Waals surface area (Å²) in [7, 11) is 0. The maximum absolute atomic E-state index is 4.18. The molecule has 0 bridgehead atoms. The summed E-state index contributed by atoms with van der Waals surface area (Å²) in [6.07, 6.45) is 6.11. The van der Waals surface area contributed by atoms with E-state index in [1.165, 1.54) is 18.0 Å². The lowest BCUT2D eigenvalue weighted by Gasteiger charge is -1.91. The number of nitrogens with zero attached hydrogens (tertiary/aromatic N) is 5. The highest BCUT2D eigenvalue weighted by molar-refractivity contribution is 5.77. The second kappa shape index (κ2) is 9.35. The van der Waals surface area contributed by atoms with Gasteiger partial charge in [0.2, 0.25) is 0 Å². The van der Waals surface area contributed by atoms with E-state index in [9.17, 15) is 0 Å². The summed E-state index contributed by atoms with van der Waals surface area (Å²) >= 11 is 0. The van der Waals surface area contributed by atoms with Gasteiger partial charge in [0.15, 0.2) is 12.7 Å². The third-order valence-corrected chi connectivity index (χ3v) is 1.85. The van der Waals surface area contributed by atoms with Crippen LogP contribution in [0.2, 0.25) is 0 Å². The van der Waals surface area contributed by atoms with E-state index in [0.717, 1.165) is 5.52 Å². The third kappa shape index (κ3) is 5.97. The predicted molar refractivity (Wildman–Crippen MR) is 75.2 cm³/mol. The predicted octanol–water partition coefficient (Wildman–Crippen LogP) is 2.69. The summed E-state index contributed by atoms with van der Waals surface area (Å²) in [5.41, 5.74) is 1.06. The zero-order valence-corrected chi connectivity index (χ0v) is 10.7. The molecule has 3 rings (SSSR count). The van der Waals surface area contributed by atoms with Gasteiger partial charge >= 0.3 is 0 Å². The summed E-state index contributed by atoms with van der Waals surface area (Å²) in [5, 5.41) is 14.6. The number of aromatic nitrogens is 5. The first kappa shape index (κ1) is 14.4. The van der Waals surface area contributed by atoms with Crippen molar-refractivity contribution >= 4 is 10.9 Å². The summed E-state index contributed by atoms with van der Waals surface area (Å²) in [5.74, 6) is 0. The van der Waals surface area contributed by atoms with E-state index in [1.807, 2.05) is 37.4 Å². The Kier molecular flexibility index (Phi) is 7.07. The topological polar surface area (TPSA) is 64.5 Å². The molecule has 0 amide bonds. The summed E-state index contributed by atoms with van der Waals surface area (Å²) in [4.78, 5) is 4.18. The molecular weight excluding hydrogens is 238 g/mol. The van der Waals surface area contributed by atoms with Gasteiger partial charge in [0.1, 0.15) is 0 Å². The van der Waals surface area contributed by atoms with Crippen LogP contribution in [-0.2, 0) is 0 Å². The van der Waals surface area contributed by atoms with E-state index >= 15 is 0 Å². The van der Waals surface area contributed by atoms with Crippen LogP contribution in [0.4, 0.5) is 0 Å². The van der Waals surface area contributed by atoms with Crippen molar-refractivity contribution in [2.45, 2.75) is 6.92 Å². The Hall–Kier alpha value is -2.69. The van der Waals surface area contributed by atoms with Crippen LogP contribution in [0.25, 0.3) is 10.9 Å². The maximum Gasteiger partial charge on any atom is 0.160 e. The molecule has 0 atom stereocenters. The zero-order chi connectivity index (χ0) is 13.8. The van der Waals surface area contributed by atoms with Crippen molar-refractivity contribution in [1.29, 1.82) is 0 Å². The van der Waals surface area contributed by atoms with Gasteiger partial charge in [0, 0.05) is 11.6 Å². The zero-order valence-electron chi connectivity index (χ0n) is 10.7. The Labute approximate surface area is 112 Å². The van der Waals surface area contributed by atoms with E-state index in [1.54, 1.807) is 6.08 Å². The van der Waals surface area contributed by atoms with E-state index in [2.05, 4.69) is 44.1 Å². The highest BCUT2D eigenvalue weighted by atomic mass is 15.2. The molecular formula is C14H15N5. The molecule has 96 valence electrons. The first-order chi connectivity index (χ1) is 9.38. The Morgan fingerprint density at radius 2 is 1.42 bits per heavy atom. The second-order valence-corrected chi connectivity index (χ2v) is 3.30. The smallest absolute Gasteiger partial charge is 0.160 e. The monoisotopic (exact) mass is 253 g/mol. The summed E-state index contributed by atoms with van der Waals surface area (Å²) in [6, 6.07) is 12.1. The molecule has 0 aliphatic carbocycles. The lowest BCUT2D eigenvalue weighted by atomic mass is 10.2. The molecule has 0 spiro atoms. The second-order valence-electron chi connectivity index (χ2n) is 3.30. The lowest BCUT2D eigenvalue weighted by molar-refractivity contribution is 0.853. The Bertz CT molecular complexity index is 491. The van der Waals surface area contributed by atoms with Crippen molar-refractivity contribution in [2.75, 3.05) is 0 Å². The quantitative estimate of drug-likeness (QED) is 0.576. The van der Waals surface area contributed by atoms with Crippen molar-refractivity contribution < 1.29 is 0 Å². The van der Waals surface area contributed by atoms with Crippen LogP contribution in [0, 0.1) is 0 Å². The summed E-state index contributed by atoms with van der Waals surface area (Å²) < 4.78 is 0. The lowest BCUT2D eigenvalue weighted by Crippen LogP contribution is -1.81. The fourth-order valence-electron chi connectivity index (χ4n) is 1.18. The molecule has 2 heterocycles. The first-order valence-corrected chi connectivity index (χ1v) is 5.68. The van der Waals surface area contributed by atoms with Crippen molar-refractivity contribution in [3.63, 3.8) is 0 Å². The number of pyridine rings is 1. The van der Waals surface area contributed by atoms with Crippen LogP contribution in [0.5, 0.6) is 0 Å². The van der Waals surface area contributed by atoms with Crippen LogP contribution in [-0.4, -0.2) is 25.4 Å². The Morgan fingerprint density at radius 3 is 1.95 bits per heavy atom. The third-order valence-electron chi connectivity index (χ3n) is 1.85. The Morgan fingerprint density at radius 1 is 0.895 bits per heavy atom. The average Bonchev–Trinajstić information content (AvgIpc) is 2.51. The number of para-hydroxylation sites is 1. The molecule has 19 heavy (non-hydrogen) atoms. The molecule has 1 aromatic carbocycles. The highest BCUT2D eigenvalue weighted by Crippen LogP contribution is 2.07. The van der Waals surface area contributed by atoms with Gasteiger partial charge in [-0.15, -0.1) is 27.0 Å². The molecule has 0 saturated carbocycles. The fourth-order valence-corrected chi connectivity index (χ4v) is 1.18. The molecule has 0 fully saturated rings. The van der Waals surface area contributed by atoms with Gasteiger partial charge in [-0.1, -0.05) is 30.3 Å². The molecule has 5 nitrogen and oxygen atoms in total. The van der Waals surface area contributed by atoms with E-state index in [0.29, 0.717) is 0 Å². The standard InChI is InChI=1S/C9H7N.C3H6.C2H2N4/c1-2-6-9-8(4-1)5-3-7-10-9;1-3-2;1-3-5-2-6-4-1/h1-7H;3H,1H2,2H3;1-2H. The number of fused-ring (bicyclic) bond motifs is 1. The van der Waals surface area contributed by atoms with Gasteiger partial charge in [-0.25, -0.2) is 0 Å². The van der Waals surface area contributed by atoms with Crippen molar-refractivity contribution in [2.24, 2.45) is 0 Å². The van der Waals surface area contributed by atoms with Crippen molar-refractivity contribution in [3.05, 3.63) is 67.9 Å². The number of rotatable bonds is 0. The molecule has 2 aromatic heterocycles. The van der Waals surface area contributed by atoms with Gasteiger partial charge in [-0.2, -0.15) is 0 Å². The largest absolute Gasteiger partial charge is 0.256 e. The molecule has 5 heteroatoms. The van der Waals surface area contributed by atoms with Crippen LogP contribution in [0.3, 0.4) is 0 Å². The van der Waals surface area contributed by atoms with E-state index in [-0.39, 0.29) is 0 Å². The molecule has 0 aliphatic rings.